The number of rotatable bonds is 14. The van der Waals surface area contributed by atoms with E-state index in [1.807, 2.05) is 35.2 Å². The molecule has 10 heteroatoms. The minimum absolute atomic E-state index is 0.00979. The zero-order valence-electron chi connectivity index (χ0n) is 23.3. The molecule has 3 N–H and O–H groups in total. The van der Waals surface area contributed by atoms with E-state index in [4.69, 9.17) is 4.98 Å². The zero-order valence-corrected chi connectivity index (χ0v) is 23.3. The van der Waals surface area contributed by atoms with E-state index >= 15 is 0 Å². The largest absolute Gasteiger partial charge is 0.480 e. The standard InChI is InChI=1S/C30H39N7O3/c1-36(2)27(38)20-37(17-7-6-12-24-14-13-23-11-8-16-32-28(23)34-24)18-15-26(30(39)40)35-29-25(19-31-21-33-29)22-9-4-3-5-10-22/h3-5,9-10,13-14,19,21,26H,6-8,11-12,15-18,20H2,1-2H3,(H,32,34)(H,39,40)(H,31,33,35). The summed E-state index contributed by atoms with van der Waals surface area (Å²) in [5, 5.41) is 16.5. The van der Waals surface area contributed by atoms with E-state index in [-0.39, 0.29) is 12.5 Å². The van der Waals surface area contributed by atoms with Gasteiger partial charge in [0, 0.05) is 44.6 Å². The number of unbranched alkanes of at least 4 members (excludes halogenated alkanes) is 1. The number of amides is 1. The highest BCUT2D eigenvalue weighted by molar-refractivity contribution is 5.81. The number of carboxylic acids is 1. The first-order valence-electron chi connectivity index (χ1n) is 13.9. The van der Waals surface area contributed by atoms with Crippen molar-refractivity contribution >= 4 is 23.5 Å². The van der Waals surface area contributed by atoms with Crippen LogP contribution in [0, 0.1) is 0 Å². The molecule has 0 fully saturated rings. The van der Waals surface area contributed by atoms with Gasteiger partial charge in [0.15, 0.2) is 0 Å². The molecule has 1 unspecified atom stereocenters. The number of nitrogens with zero attached hydrogens (tertiary/aromatic N) is 5. The number of fused-ring (bicyclic) bond motifs is 1. The molecule has 4 rings (SSSR count). The quantitative estimate of drug-likeness (QED) is 0.261. The number of aromatic nitrogens is 3. The Balaban J connectivity index is 1.35. The monoisotopic (exact) mass is 545 g/mol. The second-order valence-electron chi connectivity index (χ2n) is 10.3. The number of carbonyl (C=O) groups excluding carboxylic acids is 1. The smallest absolute Gasteiger partial charge is 0.326 e. The van der Waals surface area contributed by atoms with E-state index in [0.29, 0.717) is 25.3 Å². The Bertz CT molecular complexity index is 1270. The third-order valence-electron chi connectivity index (χ3n) is 7.11. The number of pyridine rings is 1. The number of anilines is 2. The predicted octanol–water partition coefficient (Wildman–Crippen LogP) is 3.57. The first kappa shape index (κ1) is 28.9. The molecule has 0 aliphatic carbocycles. The van der Waals surface area contributed by atoms with Crippen LogP contribution in [0.1, 0.15) is 36.9 Å². The maximum absolute atomic E-state index is 12.5. The lowest BCUT2D eigenvalue weighted by molar-refractivity contribution is -0.138. The molecule has 1 aliphatic rings. The maximum Gasteiger partial charge on any atom is 0.326 e. The average molecular weight is 546 g/mol. The molecule has 1 amide bonds. The van der Waals surface area contributed by atoms with Gasteiger partial charge < -0.3 is 20.6 Å². The highest BCUT2D eigenvalue weighted by Crippen LogP contribution is 2.26. The highest BCUT2D eigenvalue weighted by atomic mass is 16.4. The van der Waals surface area contributed by atoms with E-state index in [2.05, 4.69) is 32.7 Å². The Morgan fingerprint density at radius 2 is 1.93 bits per heavy atom. The summed E-state index contributed by atoms with van der Waals surface area (Å²) in [4.78, 5) is 41.6. The molecule has 0 radical (unpaired) electrons. The Labute approximate surface area is 235 Å². The van der Waals surface area contributed by atoms with Crippen LogP contribution < -0.4 is 10.6 Å². The summed E-state index contributed by atoms with van der Waals surface area (Å²) in [5.74, 6) is 0.498. The molecule has 3 aromatic rings. The van der Waals surface area contributed by atoms with E-state index in [0.717, 1.165) is 61.3 Å². The lowest BCUT2D eigenvalue weighted by Crippen LogP contribution is -2.40. The highest BCUT2D eigenvalue weighted by Gasteiger charge is 2.22. The third-order valence-corrected chi connectivity index (χ3v) is 7.11. The second kappa shape index (κ2) is 14.4. The Morgan fingerprint density at radius 1 is 1.10 bits per heavy atom. The number of hydrogen-bond donors (Lipinski definition) is 3. The van der Waals surface area contributed by atoms with Crippen molar-refractivity contribution in [2.75, 3.05) is 50.9 Å². The molecule has 10 nitrogen and oxygen atoms in total. The lowest BCUT2D eigenvalue weighted by Gasteiger charge is -2.25. The summed E-state index contributed by atoms with van der Waals surface area (Å²) in [7, 11) is 3.47. The SMILES string of the molecule is CN(C)C(=O)CN(CCCCc1ccc2c(n1)NCCC2)CCC(Nc1ncncc1-c1ccccc1)C(=O)O. The van der Waals surface area contributed by atoms with Crippen LogP contribution in [0.4, 0.5) is 11.6 Å². The number of carboxylic acid groups (broad SMARTS) is 1. The van der Waals surface area contributed by atoms with Crippen LogP contribution >= 0.6 is 0 Å². The number of hydrogen-bond acceptors (Lipinski definition) is 8. The fourth-order valence-corrected chi connectivity index (χ4v) is 4.76. The summed E-state index contributed by atoms with van der Waals surface area (Å²) >= 11 is 0. The van der Waals surface area contributed by atoms with Gasteiger partial charge in [-0.3, -0.25) is 9.69 Å². The molecule has 1 aliphatic heterocycles. The van der Waals surface area contributed by atoms with Crippen LogP contribution in [0.25, 0.3) is 11.1 Å². The molecule has 0 spiro atoms. The number of carbonyl (C=O) groups is 2. The van der Waals surface area contributed by atoms with E-state index in [1.54, 1.807) is 25.2 Å². The van der Waals surface area contributed by atoms with Gasteiger partial charge in [-0.2, -0.15) is 0 Å². The minimum atomic E-state index is -0.969. The Morgan fingerprint density at radius 3 is 2.70 bits per heavy atom. The second-order valence-corrected chi connectivity index (χ2v) is 10.3. The van der Waals surface area contributed by atoms with Crippen LogP contribution in [-0.4, -0.2) is 88.1 Å². The molecule has 0 saturated carbocycles. The molecule has 2 aromatic heterocycles. The fraction of sp³-hybridized carbons (Fsp3) is 0.433. The molecule has 1 aromatic carbocycles. The lowest BCUT2D eigenvalue weighted by atomic mass is 10.1. The fourth-order valence-electron chi connectivity index (χ4n) is 4.76. The van der Waals surface area contributed by atoms with Gasteiger partial charge in [0.1, 0.15) is 24.0 Å². The molecule has 40 heavy (non-hydrogen) atoms. The van der Waals surface area contributed by atoms with E-state index in [1.165, 1.54) is 11.9 Å². The van der Waals surface area contributed by atoms with Gasteiger partial charge in [-0.05, 0) is 62.3 Å². The van der Waals surface area contributed by atoms with Crippen molar-refractivity contribution in [1.29, 1.82) is 0 Å². The summed E-state index contributed by atoms with van der Waals surface area (Å²) in [6, 6.07) is 13.0. The maximum atomic E-state index is 12.5. The van der Waals surface area contributed by atoms with Crippen LogP contribution in [0.5, 0.6) is 0 Å². The first-order valence-corrected chi connectivity index (χ1v) is 13.9. The van der Waals surface area contributed by atoms with Crippen LogP contribution in [0.2, 0.25) is 0 Å². The Hall–Kier alpha value is -4.05. The predicted molar refractivity (Wildman–Crippen MR) is 156 cm³/mol. The van der Waals surface area contributed by atoms with Crippen LogP contribution in [0.15, 0.2) is 55.0 Å². The van der Waals surface area contributed by atoms with Gasteiger partial charge in [-0.15, -0.1) is 0 Å². The molecule has 1 atom stereocenters. The molecule has 0 saturated heterocycles. The minimum Gasteiger partial charge on any atom is -0.480 e. The van der Waals surface area contributed by atoms with Gasteiger partial charge in [-0.25, -0.2) is 19.7 Å². The van der Waals surface area contributed by atoms with Crippen LogP contribution in [-0.2, 0) is 22.4 Å². The van der Waals surface area contributed by atoms with Crippen molar-refractivity contribution < 1.29 is 14.7 Å². The zero-order chi connectivity index (χ0) is 28.3. The van der Waals surface area contributed by atoms with Gasteiger partial charge in [0.05, 0.1) is 6.54 Å². The van der Waals surface area contributed by atoms with Gasteiger partial charge in [-0.1, -0.05) is 36.4 Å². The molecular weight excluding hydrogens is 506 g/mol. The van der Waals surface area contributed by atoms with Crippen LogP contribution in [0.3, 0.4) is 0 Å². The summed E-state index contributed by atoms with van der Waals surface area (Å²) in [6.07, 6.45) is 8.28. The van der Waals surface area contributed by atoms with E-state index in [9.17, 15) is 14.7 Å². The van der Waals surface area contributed by atoms with Gasteiger partial charge in [0.2, 0.25) is 5.91 Å². The number of nitrogens with one attached hydrogen (secondary N) is 2. The van der Waals surface area contributed by atoms with Crippen molar-refractivity contribution in [2.45, 2.75) is 44.6 Å². The topological polar surface area (TPSA) is 124 Å². The van der Waals surface area contributed by atoms with Crippen molar-refractivity contribution in [1.82, 2.24) is 24.8 Å². The summed E-state index contributed by atoms with van der Waals surface area (Å²) in [5.41, 5.74) is 3.98. The van der Waals surface area contributed by atoms with Gasteiger partial charge in [0.25, 0.3) is 0 Å². The Kier molecular flexibility index (Phi) is 10.4. The molecule has 3 heterocycles. The van der Waals surface area contributed by atoms with Crippen molar-refractivity contribution in [2.24, 2.45) is 0 Å². The third kappa shape index (κ3) is 8.22. The van der Waals surface area contributed by atoms with Crippen molar-refractivity contribution in [3.8, 4) is 11.1 Å². The number of aryl methyl sites for hydroxylation is 2. The van der Waals surface area contributed by atoms with Crippen molar-refractivity contribution in [3.05, 3.63) is 66.2 Å². The molecule has 0 bridgehead atoms. The van der Waals surface area contributed by atoms with Crippen molar-refractivity contribution in [3.63, 3.8) is 0 Å². The number of aliphatic carboxylic acids is 1. The molecule has 212 valence electrons. The average Bonchev–Trinajstić information content (AvgIpc) is 2.97. The summed E-state index contributed by atoms with van der Waals surface area (Å²) < 4.78 is 0. The summed E-state index contributed by atoms with van der Waals surface area (Å²) in [6.45, 7) is 2.35. The molecular formula is C30H39N7O3. The number of benzene rings is 1. The number of likely N-dealkylation sites (N-methyl/N-ethyl adjacent to an activating group) is 1. The van der Waals surface area contributed by atoms with E-state index < -0.39 is 12.0 Å². The van der Waals surface area contributed by atoms with Gasteiger partial charge >= 0.3 is 5.97 Å². The first-order chi connectivity index (χ1) is 19.4. The normalized spacial score (nSPS) is 13.3.